The van der Waals surface area contributed by atoms with E-state index in [4.69, 9.17) is 10.5 Å². The number of aromatic nitrogens is 2. The van der Waals surface area contributed by atoms with Gasteiger partial charge < -0.3 is 15.4 Å². The van der Waals surface area contributed by atoms with Gasteiger partial charge in [0.1, 0.15) is 0 Å². The molecule has 0 aliphatic carbocycles. The van der Waals surface area contributed by atoms with Gasteiger partial charge in [-0.1, -0.05) is 0 Å². The molecule has 1 aromatic heterocycles. The van der Waals surface area contributed by atoms with Gasteiger partial charge in [0.15, 0.2) is 0 Å². The Morgan fingerprint density at radius 3 is 2.81 bits per heavy atom. The molecule has 21 heavy (non-hydrogen) atoms. The summed E-state index contributed by atoms with van der Waals surface area (Å²) in [6, 6.07) is 0. The number of aryl methyl sites for hydroxylation is 1. The van der Waals surface area contributed by atoms with E-state index in [0.717, 1.165) is 56.8 Å². The first-order valence-corrected chi connectivity index (χ1v) is 7.68. The SMILES string of the molecule is COCC1CCN(C(=O)c2cnn(CCCN)c2C)CC1. The highest BCUT2D eigenvalue weighted by Crippen LogP contribution is 2.20. The molecule has 6 heteroatoms. The minimum Gasteiger partial charge on any atom is -0.384 e. The monoisotopic (exact) mass is 294 g/mol. The lowest BCUT2D eigenvalue weighted by Gasteiger charge is -2.31. The summed E-state index contributed by atoms with van der Waals surface area (Å²) in [5.41, 5.74) is 7.18. The molecule has 118 valence electrons. The minimum absolute atomic E-state index is 0.0994. The molecule has 2 N–H and O–H groups in total. The van der Waals surface area contributed by atoms with Crippen molar-refractivity contribution < 1.29 is 9.53 Å². The van der Waals surface area contributed by atoms with Gasteiger partial charge in [0, 0.05) is 39.0 Å². The number of carbonyl (C=O) groups is 1. The van der Waals surface area contributed by atoms with Crippen molar-refractivity contribution in [2.45, 2.75) is 32.7 Å². The van der Waals surface area contributed by atoms with E-state index in [0.29, 0.717) is 12.5 Å². The van der Waals surface area contributed by atoms with E-state index in [9.17, 15) is 4.79 Å². The van der Waals surface area contributed by atoms with Gasteiger partial charge in [0.25, 0.3) is 5.91 Å². The van der Waals surface area contributed by atoms with E-state index >= 15 is 0 Å². The molecule has 0 saturated carbocycles. The van der Waals surface area contributed by atoms with E-state index in [-0.39, 0.29) is 5.91 Å². The van der Waals surface area contributed by atoms with Gasteiger partial charge in [-0.25, -0.2) is 0 Å². The Labute approximate surface area is 126 Å². The van der Waals surface area contributed by atoms with Crippen LogP contribution in [0.3, 0.4) is 0 Å². The highest BCUT2D eigenvalue weighted by atomic mass is 16.5. The maximum Gasteiger partial charge on any atom is 0.257 e. The van der Waals surface area contributed by atoms with Crippen LogP contribution in [0.5, 0.6) is 0 Å². The predicted molar refractivity (Wildman–Crippen MR) is 81.1 cm³/mol. The third-order valence-electron chi connectivity index (χ3n) is 4.21. The Morgan fingerprint density at radius 1 is 1.48 bits per heavy atom. The topological polar surface area (TPSA) is 73.4 Å². The fourth-order valence-electron chi connectivity index (χ4n) is 2.83. The van der Waals surface area contributed by atoms with Crippen molar-refractivity contribution >= 4 is 5.91 Å². The summed E-state index contributed by atoms with van der Waals surface area (Å²) in [6.07, 6.45) is 4.59. The molecule has 1 fully saturated rings. The number of ether oxygens (including phenoxy) is 1. The van der Waals surface area contributed by atoms with Crippen molar-refractivity contribution in [2.24, 2.45) is 11.7 Å². The van der Waals surface area contributed by atoms with E-state index in [1.54, 1.807) is 13.3 Å². The second kappa shape index (κ2) is 7.56. The molecule has 2 rings (SSSR count). The highest BCUT2D eigenvalue weighted by molar-refractivity contribution is 5.95. The Bertz CT molecular complexity index is 464. The summed E-state index contributed by atoms with van der Waals surface area (Å²) in [7, 11) is 1.73. The number of rotatable bonds is 6. The van der Waals surface area contributed by atoms with Gasteiger partial charge >= 0.3 is 0 Å². The summed E-state index contributed by atoms with van der Waals surface area (Å²) in [4.78, 5) is 14.5. The van der Waals surface area contributed by atoms with Crippen LogP contribution in [0, 0.1) is 12.8 Å². The molecule has 0 radical (unpaired) electrons. The molecule has 1 saturated heterocycles. The van der Waals surface area contributed by atoms with Crippen LogP contribution < -0.4 is 5.73 Å². The Kier molecular flexibility index (Phi) is 5.76. The molecule has 1 aliphatic heterocycles. The summed E-state index contributed by atoms with van der Waals surface area (Å²) in [5, 5.41) is 4.31. The number of methoxy groups -OCH3 is 1. The zero-order valence-corrected chi connectivity index (χ0v) is 13.0. The summed E-state index contributed by atoms with van der Waals surface area (Å²) >= 11 is 0. The fourth-order valence-corrected chi connectivity index (χ4v) is 2.83. The molecule has 1 aromatic rings. The van der Waals surface area contributed by atoms with Gasteiger partial charge in [-0.05, 0) is 38.6 Å². The highest BCUT2D eigenvalue weighted by Gasteiger charge is 2.25. The standard InChI is InChI=1S/C15H26N4O2/c1-12-14(10-17-19(12)7-3-6-16)15(20)18-8-4-13(5-9-18)11-21-2/h10,13H,3-9,11,16H2,1-2H3. The molecular formula is C15H26N4O2. The van der Waals surface area contributed by atoms with Crippen molar-refractivity contribution in [3.05, 3.63) is 17.5 Å². The van der Waals surface area contributed by atoms with Crippen LogP contribution in [0.2, 0.25) is 0 Å². The fraction of sp³-hybridized carbons (Fsp3) is 0.733. The zero-order valence-electron chi connectivity index (χ0n) is 13.0. The van der Waals surface area contributed by atoms with Crippen molar-refractivity contribution in [2.75, 3.05) is 33.4 Å². The summed E-state index contributed by atoms with van der Waals surface area (Å²) in [6.45, 7) is 5.76. The second-order valence-electron chi connectivity index (χ2n) is 5.70. The van der Waals surface area contributed by atoms with E-state index in [1.165, 1.54) is 0 Å². The second-order valence-corrected chi connectivity index (χ2v) is 5.70. The number of hydrogen-bond acceptors (Lipinski definition) is 4. The van der Waals surface area contributed by atoms with Gasteiger partial charge in [0.05, 0.1) is 11.8 Å². The number of carbonyl (C=O) groups excluding carboxylic acids is 1. The average Bonchev–Trinajstić information content (AvgIpc) is 2.86. The normalized spacial score (nSPS) is 16.4. The van der Waals surface area contributed by atoms with Crippen LogP contribution in [-0.4, -0.2) is 53.9 Å². The Hall–Kier alpha value is -1.40. The molecule has 2 heterocycles. The average molecular weight is 294 g/mol. The Morgan fingerprint density at radius 2 is 2.19 bits per heavy atom. The molecule has 1 amide bonds. The van der Waals surface area contributed by atoms with Gasteiger partial charge in [-0.3, -0.25) is 9.48 Å². The van der Waals surface area contributed by atoms with E-state index in [1.807, 2.05) is 16.5 Å². The number of hydrogen-bond donors (Lipinski definition) is 1. The molecule has 0 bridgehead atoms. The minimum atomic E-state index is 0.0994. The number of piperidine rings is 1. The van der Waals surface area contributed by atoms with Crippen LogP contribution in [0.4, 0.5) is 0 Å². The van der Waals surface area contributed by atoms with Crippen molar-refractivity contribution in [3.63, 3.8) is 0 Å². The molecule has 0 atom stereocenters. The van der Waals surface area contributed by atoms with Gasteiger partial charge in [-0.15, -0.1) is 0 Å². The summed E-state index contributed by atoms with van der Waals surface area (Å²) in [5.74, 6) is 0.676. The maximum atomic E-state index is 12.6. The predicted octanol–water partition coefficient (Wildman–Crippen LogP) is 1.04. The lowest BCUT2D eigenvalue weighted by atomic mass is 9.97. The number of amides is 1. The van der Waals surface area contributed by atoms with Crippen LogP contribution in [0.15, 0.2) is 6.20 Å². The first-order valence-electron chi connectivity index (χ1n) is 7.68. The third-order valence-corrected chi connectivity index (χ3v) is 4.21. The molecule has 1 aliphatic rings. The molecular weight excluding hydrogens is 268 g/mol. The van der Waals surface area contributed by atoms with Crippen LogP contribution in [-0.2, 0) is 11.3 Å². The molecule has 0 aromatic carbocycles. The number of nitrogens with two attached hydrogens (primary N) is 1. The first kappa shape index (κ1) is 16.0. The number of nitrogens with zero attached hydrogens (tertiary/aromatic N) is 3. The molecule has 0 spiro atoms. The first-order chi connectivity index (χ1) is 10.2. The quantitative estimate of drug-likeness (QED) is 0.851. The lowest BCUT2D eigenvalue weighted by Crippen LogP contribution is -2.39. The van der Waals surface area contributed by atoms with E-state index < -0.39 is 0 Å². The number of likely N-dealkylation sites (tertiary alicyclic amines) is 1. The lowest BCUT2D eigenvalue weighted by molar-refractivity contribution is 0.0613. The largest absolute Gasteiger partial charge is 0.384 e. The van der Waals surface area contributed by atoms with E-state index in [2.05, 4.69) is 5.10 Å². The summed E-state index contributed by atoms with van der Waals surface area (Å²) < 4.78 is 7.07. The third kappa shape index (κ3) is 3.83. The van der Waals surface area contributed by atoms with Crippen LogP contribution >= 0.6 is 0 Å². The van der Waals surface area contributed by atoms with Crippen LogP contribution in [0.25, 0.3) is 0 Å². The maximum absolute atomic E-state index is 12.6. The smallest absolute Gasteiger partial charge is 0.257 e. The van der Waals surface area contributed by atoms with Crippen molar-refractivity contribution in [1.29, 1.82) is 0 Å². The van der Waals surface area contributed by atoms with Crippen molar-refractivity contribution in [1.82, 2.24) is 14.7 Å². The van der Waals surface area contributed by atoms with Crippen LogP contribution in [0.1, 0.15) is 35.3 Å². The van der Waals surface area contributed by atoms with Gasteiger partial charge in [0.2, 0.25) is 0 Å². The molecule has 6 nitrogen and oxygen atoms in total. The molecule has 0 unspecified atom stereocenters. The Balaban J connectivity index is 1.96. The van der Waals surface area contributed by atoms with Gasteiger partial charge in [-0.2, -0.15) is 5.10 Å². The zero-order chi connectivity index (χ0) is 15.2. The van der Waals surface area contributed by atoms with Crippen molar-refractivity contribution in [3.8, 4) is 0 Å².